The SMILES string of the molecule is CC(C)(C)OC(=O)N1CCC(c2cc(=O)[nH]c3c(-c4nc(-c5ccc(Cc6ccccc6)cc5)no4)cnn23)CC1. The van der Waals surface area contributed by atoms with Gasteiger partial charge in [-0.3, -0.25) is 4.79 Å². The van der Waals surface area contributed by atoms with Crippen LogP contribution in [-0.4, -0.2) is 54.4 Å². The molecule has 41 heavy (non-hydrogen) atoms. The van der Waals surface area contributed by atoms with Crippen molar-refractivity contribution in [3.05, 3.63) is 94.0 Å². The zero-order valence-corrected chi connectivity index (χ0v) is 23.3. The lowest BCUT2D eigenvalue weighted by atomic mass is 9.93. The van der Waals surface area contributed by atoms with E-state index in [0.29, 0.717) is 43.0 Å². The fourth-order valence-electron chi connectivity index (χ4n) is 5.20. The number of hydrogen-bond donors (Lipinski definition) is 1. The van der Waals surface area contributed by atoms with Gasteiger partial charge in [-0.1, -0.05) is 59.8 Å². The Morgan fingerprint density at radius 2 is 1.76 bits per heavy atom. The number of nitrogens with zero attached hydrogens (tertiary/aromatic N) is 5. The Morgan fingerprint density at radius 1 is 1.05 bits per heavy atom. The van der Waals surface area contributed by atoms with Crippen LogP contribution < -0.4 is 5.56 Å². The maximum atomic E-state index is 12.7. The Bertz CT molecular complexity index is 1720. The van der Waals surface area contributed by atoms with Crippen molar-refractivity contribution in [1.29, 1.82) is 0 Å². The molecule has 1 aliphatic rings. The molecule has 1 N–H and O–H groups in total. The molecular formula is C31H32N6O4. The molecule has 1 aliphatic heterocycles. The number of H-pyrrole nitrogens is 1. The molecule has 4 heterocycles. The Balaban J connectivity index is 1.20. The van der Waals surface area contributed by atoms with E-state index >= 15 is 0 Å². The molecule has 5 aromatic rings. The van der Waals surface area contributed by atoms with E-state index in [1.807, 2.05) is 51.1 Å². The van der Waals surface area contributed by atoms with Crippen molar-refractivity contribution in [2.75, 3.05) is 13.1 Å². The van der Waals surface area contributed by atoms with E-state index < -0.39 is 5.60 Å². The van der Waals surface area contributed by atoms with Crippen LogP contribution in [-0.2, 0) is 11.2 Å². The number of likely N-dealkylation sites (tertiary alicyclic amines) is 1. The Labute approximate surface area is 237 Å². The first-order chi connectivity index (χ1) is 19.7. The average Bonchev–Trinajstić information content (AvgIpc) is 3.60. The number of piperidine rings is 1. The predicted octanol–water partition coefficient (Wildman–Crippen LogP) is 5.44. The molecular weight excluding hydrogens is 520 g/mol. The molecule has 6 rings (SSSR count). The highest BCUT2D eigenvalue weighted by Crippen LogP contribution is 2.31. The third-order valence-electron chi connectivity index (χ3n) is 7.22. The fraction of sp³-hybridized carbons (Fsp3) is 0.323. The first-order valence-electron chi connectivity index (χ1n) is 13.8. The fourth-order valence-corrected chi connectivity index (χ4v) is 5.20. The van der Waals surface area contributed by atoms with E-state index in [1.54, 1.807) is 21.7 Å². The van der Waals surface area contributed by atoms with Gasteiger partial charge in [-0.25, -0.2) is 9.31 Å². The zero-order valence-electron chi connectivity index (χ0n) is 23.3. The van der Waals surface area contributed by atoms with Gasteiger partial charge < -0.3 is 19.1 Å². The summed E-state index contributed by atoms with van der Waals surface area (Å²) in [4.78, 5) is 34.4. The summed E-state index contributed by atoms with van der Waals surface area (Å²) in [5.74, 6) is 0.786. The molecule has 10 heteroatoms. The number of amides is 1. The number of fused-ring (bicyclic) bond motifs is 1. The molecule has 0 spiro atoms. The lowest BCUT2D eigenvalue weighted by molar-refractivity contribution is 0.0203. The second-order valence-corrected chi connectivity index (χ2v) is 11.4. The maximum absolute atomic E-state index is 12.7. The van der Waals surface area contributed by atoms with E-state index in [-0.39, 0.29) is 23.5 Å². The van der Waals surface area contributed by atoms with Crippen molar-refractivity contribution in [2.45, 2.75) is 51.6 Å². The molecule has 0 unspecified atom stereocenters. The Kier molecular flexibility index (Phi) is 6.90. The number of benzene rings is 2. The molecule has 1 fully saturated rings. The molecule has 1 saturated heterocycles. The van der Waals surface area contributed by atoms with E-state index in [4.69, 9.17) is 9.26 Å². The summed E-state index contributed by atoms with van der Waals surface area (Å²) < 4.78 is 12.9. The summed E-state index contributed by atoms with van der Waals surface area (Å²) in [6.07, 6.45) is 3.55. The second kappa shape index (κ2) is 10.7. The second-order valence-electron chi connectivity index (χ2n) is 11.4. The summed E-state index contributed by atoms with van der Waals surface area (Å²) in [5.41, 5.74) is 4.32. The number of aromatic amines is 1. The van der Waals surface area contributed by atoms with Gasteiger partial charge in [0.25, 0.3) is 11.4 Å². The minimum Gasteiger partial charge on any atom is -0.444 e. The van der Waals surface area contributed by atoms with Gasteiger partial charge >= 0.3 is 6.09 Å². The quantitative estimate of drug-likeness (QED) is 0.308. The van der Waals surface area contributed by atoms with Gasteiger partial charge in [0, 0.05) is 30.6 Å². The average molecular weight is 553 g/mol. The third kappa shape index (κ3) is 5.77. The normalized spacial score (nSPS) is 14.5. The largest absolute Gasteiger partial charge is 0.444 e. The van der Waals surface area contributed by atoms with Crippen molar-refractivity contribution in [2.24, 2.45) is 0 Å². The summed E-state index contributed by atoms with van der Waals surface area (Å²) >= 11 is 0. The van der Waals surface area contributed by atoms with Gasteiger partial charge in [-0.2, -0.15) is 10.1 Å². The molecule has 0 radical (unpaired) electrons. The number of carbonyl (C=O) groups excluding carboxylic acids is 1. The van der Waals surface area contributed by atoms with Crippen LogP contribution in [0.2, 0.25) is 0 Å². The van der Waals surface area contributed by atoms with Crippen LogP contribution in [0.5, 0.6) is 0 Å². The first-order valence-corrected chi connectivity index (χ1v) is 13.8. The molecule has 2 aromatic carbocycles. The number of carbonyl (C=O) groups is 1. The third-order valence-corrected chi connectivity index (χ3v) is 7.22. The zero-order chi connectivity index (χ0) is 28.6. The van der Waals surface area contributed by atoms with Crippen LogP contribution in [0, 0.1) is 0 Å². The lowest BCUT2D eigenvalue weighted by Crippen LogP contribution is -2.41. The Hall–Kier alpha value is -4.73. The first kappa shape index (κ1) is 26.5. The van der Waals surface area contributed by atoms with Crippen molar-refractivity contribution < 1.29 is 14.1 Å². The van der Waals surface area contributed by atoms with E-state index in [0.717, 1.165) is 17.7 Å². The number of rotatable bonds is 5. The highest BCUT2D eigenvalue weighted by Gasteiger charge is 2.29. The summed E-state index contributed by atoms with van der Waals surface area (Å²) in [6.45, 7) is 6.65. The van der Waals surface area contributed by atoms with Crippen LogP contribution in [0.3, 0.4) is 0 Å². The van der Waals surface area contributed by atoms with E-state index in [2.05, 4.69) is 44.5 Å². The van der Waals surface area contributed by atoms with E-state index in [9.17, 15) is 9.59 Å². The van der Waals surface area contributed by atoms with Crippen LogP contribution in [0.25, 0.3) is 28.5 Å². The Morgan fingerprint density at radius 3 is 2.46 bits per heavy atom. The topological polar surface area (TPSA) is 119 Å². The van der Waals surface area contributed by atoms with Gasteiger partial charge in [0.05, 0.1) is 11.9 Å². The number of nitrogens with one attached hydrogen (secondary N) is 1. The molecule has 0 aliphatic carbocycles. The highest BCUT2D eigenvalue weighted by atomic mass is 16.6. The molecule has 0 atom stereocenters. The highest BCUT2D eigenvalue weighted by molar-refractivity contribution is 5.72. The van der Waals surface area contributed by atoms with Crippen molar-refractivity contribution >= 4 is 11.7 Å². The number of hydrogen-bond acceptors (Lipinski definition) is 7. The molecule has 0 saturated carbocycles. The predicted molar refractivity (Wildman–Crippen MR) is 154 cm³/mol. The van der Waals surface area contributed by atoms with E-state index in [1.165, 1.54) is 11.1 Å². The molecule has 0 bridgehead atoms. The van der Waals surface area contributed by atoms with Gasteiger partial charge in [0.2, 0.25) is 5.82 Å². The molecule has 3 aromatic heterocycles. The molecule has 10 nitrogen and oxygen atoms in total. The maximum Gasteiger partial charge on any atom is 0.410 e. The molecule has 1 amide bonds. The lowest BCUT2D eigenvalue weighted by Gasteiger charge is -2.33. The standard InChI is InChI=1S/C31H32N6O4/c1-31(2,3)40-30(39)36-15-13-22(14-16-36)25-18-26(38)33-28-24(19-32-37(25)28)29-34-27(35-41-29)23-11-9-21(10-12-23)17-20-7-5-4-6-8-20/h4-12,18-19,22H,13-17H2,1-3H3,(H,33,38). The minimum absolute atomic E-state index is 0.0545. The van der Waals surface area contributed by atoms with Crippen molar-refractivity contribution in [1.82, 2.24) is 29.6 Å². The van der Waals surface area contributed by atoms with Crippen LogP contribution in [0.15, 0.2) is 76.2 Å². The number of ether oxygens (including phenoxy) is 1. The van der Waals surface area contributed by atoms with Gasteiger partial charge in [-0.05, 0) is 51.2 Å². The van der Waals surface area contributed by atoms with Crippen LogP contribution >= 0.6 is 0 Å². The van der Waals surface area contributed by atoms with Crippen molar-refractivity contribution in [3.8, 4) is 22.8 Å². The van der Waals surface area contributed by atoms with Gasteiger partial charge in [0.15, 0.2) is 0 Å². The van der Waals surface area contributed by atoms with Crippen LogP contribution in [0.4, 0.5) is 4.79 Å². The smallest absolute Gasteiger partial charge is 0.410 e. The van der Waals surface area contributed by atoms with Crippen molar-refractivity contribution in [3.63, 3.8) is 0 Å². The summed E-state index contributed by atoms with van der Waals surface area (Å²) in [6, 6.07) is 20.0. The minimum atomic E-state index is -0.543. The van der Waals surface area contributed by atoms with Crippen LogP contribution in [0.1, 0.15) is 56.4 Å². The summed E-state index contributed by atoms with van der Waals surface area (Å²) in [5, 5.41) is 8.74. The van der Waals surface area contributed by atoms with Gasteiger partial charge in [-0.15, -0.1) is 0 Å². The monoisotopic (exact) mass is 552 g/mol. The number of aromatic nitrogens is 5. The molecule has 210 valence electrons. The van der Waals surface area contributed by atoms with Gasteiger partial charge in [0.1, 0.15) is 16.8 Å². The summed E-state index contributed by atoms with van der Waals surface area (Å²) in [7, 11) is 0.